The summed E-state index contributed by atoms with van der Waals surface area (Å²) in [4.78, 5) is 0. The maximum absolute atomic E-state index is 13.5. The van der Waals surface area contributed by atoms with Crippen LogP contribution in [0.25, 0.3) is 0 Å². The quantitative estimate of drug-likeness (QED) is 0.803. The number of anilines is 1. The second-order valence-electron chi connectivity index (χ2n) is 5.45. The van der Waals surface area contributed by atoms with Gasteiger partial charge in [-0.25, -0.2) is 4.39 Å². The van der Waals surface area contributed by atoms with Crippen LogP contribution in [0.15, 0.2) is 24.3 Å². The zero-order valence-electron chi connectivity index (χ0n) is 11.4. The summed E-state index contributed by atoms with van der Waals surface area (Å²) in [6.07, 6.45) is 3.64. The van der Waals surface area contributed by atoms with Crippen LogP contribution in [-0.2, 0) is 0 Å². The molecular formula is C15H21FN2S. The van der Waals surface area contributed by atoms with E-state index in [0.717, 1.165) is 6.42 Å². The van der Waals surface area contributed by atoms with Gasteiger partial charge in [-0.05, 0) is 42.6 Å². The normalized spacial score (nSPS) is 26.8. The van der Waals surface area contributed by atoms with Crippen LogP contribution in [0.5, 0.6) is 0 Å². The molecule has 0 bridgehead atoms. The Labute approximate surface area is 119 Å². The fourth-order valence-electron chi connectivity index (χ4n) is 2.68. The van der Waals surface area contributed by atoms with E-state index in [1.165, 1.54) is 18.9 Å². The minimum absolute atomic E-state index is 0.281. The van der Waals surface area contributed by atoms with Gasteiger partial charge in [-0.3, -0.25) is 0 Å². The van der Waals surface area contributed by atoms with Gasteiger partial charge in [-0.1, -0.05) is 38.8 Å². The SMILES string of the molecule is C[C@@H]1[C@H](C)CCC[C@H]1NC(=S)Nc1ccccc1F. The fraction of sp³-hybridized carbons (Fsp3) is 0.533. The monoisotopic (exact) mass is 280 g/mol. The van der Waals surface area contributed by atoms with Crippen molar-refractivity contribution in [2.45, 2.75) is 39.2 Å². The van der Waals surface area contributed by atoms with Gasteiger partial charge in [-0.15, -0.1) is 0 Å². The summed E-state index contributed by atoms with van der Waals surface area (Å²) in [5.74, 6) is 1.02. The second-order valence-corrected chi connectivity index (χ2v) is 5.86. The number of rotatable bonds is 2. The molecule has 1 saturated carbocycles. The first-order valence-corrected chi connectivity index (χ1v) is 7.31. The molecule has 1 fully saturated rings. The molecule has 2 rings (SSSR count). The molecule has 4 heteroatoms. The number of hydrogen-bond donors (Lipinski definition) is 2. The molecular weight excluding hydrogens is 259 g/mol. The minimum atomic E-state index is -0.281. The van der Waals surface area contributed by atoms with E-state index >= 15 is 0 Å². The van der Waals surface area contributed by atoms with Gasteiger partial charge in [0, 0.05) is 6.04 Å². The molecule has 0 saturated heterocycles. The van der Waals surface area contributed by atoms with Gasteiger partial charge in [0.15, 0.2) is 5.11 Å². The van der Waals surface area contributed by atoms with Gasteiger partial charge in [0.05, 0.1) is 5.69 Å². The molecule has 1 aromatic rings. The maximum Gasteiger partial charge on any atom is 0.171 e. The van der Waals surface area contributed by atoms with Crippen LogP contribution in [0.2, 0.25) is 0 Å². The van der Waals surface area contributed by atoms with Crippen LogP contribution in [0.4, 0.5) is 10.1 Å². The average Bonchev–Trinajstić information content (AvgIpc) is 2.38. The van der Waals surface area contributed by atoms with Crippen molar-refractivity contribution in [1.82, 2.24) is 5.32 Å². The predicted molar refractivity (Wildman–Crippen MR) is 81.7 cm³/mol. The molecule has 104 valence electrons. The Morgan fingerprint density at radius 2 is 2.00 bits per heavy atom. The zero-order valence-corrected chi connectivity index (χ0v) is 12.3. The molecule has 0 heterocycles. The summed E-state index contributed by atoms with van der Waals surface area (Å²) in [6.45, 7) is 4.54. The van der Waals surface area contributed by atoms with Crippen LogP contribution >= 0.6 is 12.2 Å². The van der Waals surface area contributed by atoms with Crippen LogP contribution in [-0.4, -0.2) is 11.2 Å². The molecule has 0 radical (unpaired) electrons. The van der Waals surface area contributed by atoms with Crippen LogP contribution in [0.3, 0.4) is 0 Å². The van der Waals surface area contributed by atoms with Crippen molar-refractivity contribution in [3.63, 3.8) is 0 Å². The number of thiocarbonyl (C=S) groups is 1. The van der Waals surface area contributed by atoms with Crippen molar-refractivity contribution >= 4 is 23.0 Å². The van der Waals surface area contributed by atoms with Crippen LogP contribution < -0.4 is 10.6 Å². The van der Waals surface area contributed by atoms with E-state index in [4.69, 9.17) is 12.2 Å². The van der Waals surface area contributed by atoms with Crippen molar-refractivity contribution in [2.24, 2.45) is 11.8 Å². The summed E-state index contributed by atoms with van der Waals surface area (Å²) < 4.78 is 13.5. The third-order valence-electron chi connectivity index (χ3n) is 4.15. The number of benzene rings is 1. The molecule has 0 spiro atoms. The van der Waals surface area contributed by atoms with Gasteiger partial charge in [0.2, 0.25) is 0 Å². The molecule has 0 amide bonds. The Hall–Kier alpha value is -1.16. The number of hydrogen-bond acceptors (Lipinski definition) is 1. The van der Waals surface area contributed by atoms with Crippen molar-refractivity contribution in [1.29, 1.82) is 0 Å². The van der Waals surface area contributed by atoms with Crippen molar-refractivity contribution in [2.75, 3.05) is 5.32 Å². The second kappa shape index (κ2) is 6.33. The van der Waals surface area contributed by atoms with Gasteiger partial charge in [0.25, 0.3) is 0 Å². The maximum atomic E-state index is 13.5. The minimum Gasteiger partial charge on any atom is -0.359 e. The molecule has 3 atom stereocenters. The third kappa shape index (κ3) is 3.66. The van der Waals surface area contributed by atoms with Crippen molar-refractivity contribution in [3.8, 4) is 0 Å². The van der Waals surface area contributed by atoms with Crippen LogP contribution in [0, 0.1) is 17.7 Å². The molecule has 1 aliphatic carbocycles. The summed E-state index contributed by atoms with van der Waals surface area (Å²) in [5.41, 5.74) is 0.427. The zero-order chi connectivity index (χ0) is 13.8. The standard InChI is InChI=1S/C15H21FN2S/c1-10-6-5-9-13(11(10)2)17-15(19)18-14-8-4-3-7-12(14)16/h3-4,7-8,10-11,13H,5-6,9H2,1-2H3,(H2,17,18,19)/t10-,11-,13-/m1/s1. The lowest BCUT2D eigenvalue weighted by Crippen LogP contribution is -2.45. The Morgan fingerprint density at radius 3 is 2.74 bits per heavy atom. The van der Waals surface area contributed by atoms with Crippen LogP contribution in [0.1, 0.15) is 33.1 Å². The highest BCUT2D eigenvalue weighted by Gasteiger charge is 2.27. The van der Waals surface area contributed by atoms with Crippen molar-refractivity contribution < 1.29 is 4.39 Å². The van der Waals surface area contributed by atoms with Gasteiger partial charge in [-0.2, -0.15) is 0 Å². The molecule has 2 nitrogen and oxygen atoms in total. The lowest BCUT2D eigenvalue weighted by Gasteiger charge is -2.35. The van der Waals surface area contributed by atoms with Gasteiger partial charge in [0.1, 0.15) is 5.82 Å². The lowest BCUT2D eigenvalue weighted by molar-refractivity contribution is 0.225. The first-order valence-electron chi connectivity index (χ1n) is 6.90. The van der Waals surface area contributed by atoms with E-state index in [1.807, 2.05) is 0 Å². The first-order chi connectivity index (χ1) is 9.08. The molecule has 0 unspecified atom stereocenters. The number of halogens is 1. The third-order valence-corrected chi connectivity index (χ3v) is 4.37. The summed E-state index contributed by atoms with van der Waals surface area (Å²) in [5, 5.41) is 6.78. The highest BCUT2D eigenvalue weighted by molar-refractivity contribution is 7.80. The molecule has 0 aliphatic heterocycles. The van der Waals surface area contributed by atoms with E-state index in [-0.39, 0.29) is 5.82 Å². The molecule has 1 aliphatic rings. The Kier molecular flexibility index (Phi) is 4.75. The summed E-state index contributed by atoms with van der Waals surface area (Å²) in [6, 6.07) is 6.96. The average molecular weight is 280 g/mol. The Morgan fingerprint density at radius 1 is 1.26 bits per heavy atom. The van der Waals surface area contributed by atoms with E-state index in [9.17, 15) is 4.39 Å². The Balaban J connectivity index is 1.93. The van der Waals surface area contributed by atoms with E-state index < -0.39 is 0 Å². The Bertz CT molecular complexity index is 450. The molecule has 0 aromatic heterocycles. The van der Waals surface area contributed by atoms with E-state index in [0.29, 0.717) is 28.7 Å². The lowest BCUT2D eigenvalue weighted by atomic mass is 9.78. The summed E-state index contributed by atoms with van der Waals surface area (Å²) in [7, 11) is 0. The topological polar surface area (TPSA) is 24.1 Å². The predicted octanol–water partition coefficient (Wildman–Crippen LogP) is 3.94. The number of nitrogens with one attached hydrogen (secondary N) is 2. The highest BCUT2D eigenvalue weighted by atomic mass is 32.1. The summed E-state index contributed by atoms with van der Waals surface area (Å²) >= 11 is 5.28. The first kappa shape index (κ1) is 14.3. The fourth-order valence-corrected chi connectivity index (χ4v) is 2.94. The smallest absolute Gasteiger partial charge is 0.171 e. The molecule has 1 aromatic carbocycles. The van der Waals surface area contributed by atoms with Gasteiger partial charge < -0.3 is 10.6 Å². The highest BCUT2D eigenvalue weighted by Crippen LogP contribution is 2.29. The van der Waals surface area contributed by atoms with Crippen molar-refractivity contribution in [3.05, 3.63) is 30.1 Å². The molecule has 2 N–H and O–H groups in total. The van der Waals surface area contributed by atoms with Gasteiger partial charge >= 0.3 is 0 Å². The largest absolute Gasteiger partial charge is 0.359 e. The molecule has 19 heavy (non-hydrogen) atoms. The van der Waals surface area contributed by atoms with E-state index in [2.05, 4.69) is 24.5 Å². The number of para-hydroxylation sites is 1. The van der Waals surface area contributed by atoms with E-state index in [1.54, 1.807) is 18.2 Å².